The van der Waals surface area contributed by atoms with Crippen LogP contribution < -0.4 is 10.6 Å². The number of piperazine rings is 1. The molecule has 0 unspecified atom stereocenters. The van der Waals surface area contributed by atoms with Gasteiger partial charge >= 0.3 is 11.8 Å². The van der Waals surface area contributed by atoms with Crippen molar-refractivity contribution in [3.8, 4) is 16.8 Å². The van der Waals surface area contributed by atoms with E-state index in [1.807, 2.05) is 64.2 Å². The molecule has 0 spiro atoms. The number of nitrogens with zero attached hydrogens (tertiary/aromatic N) is 5. The Balaban J connectivity index is 1.50. The van der Waals surface area contributed by atoms with Crippen LogP contribution in [0.1, 0.15) is 58.6 Å². The van der Waals surface area contributed by atoms with E-state index >= 15 is 0 Å². The zero-order valence-electron chi connectivity index (χ0n) is 27.9. The second kappa shape index (κ2) is 11.3. The third kappa shape index (κ3) is 5.21. The van der Waals surface area contributed by atoms with Crippen molar-refractivity contribution in [1.82, 2.24) is 24.6 Å². The molecule has 1 aliphatic heterocycles. The number of fused-ring (bicyclic) bond motifs is 4. The SMILES string of the molecule is Cc1ccc2[nH]ncc2c1-c1cc2c(c(N3CCN(C(=O)OC(C)(C)C)C[C@@H]3C)nc(=O)n2-c2ccccc2C(C)C)c2occc12. The number of carbonyl (C=O) groups is 1. The van der Waals surface area contributed by atoms with Crippen molar-refractivity contribution in [3.05, 3.63) is 82.6 Å². The zero-order chi connectivity index (χ0) is 33.2. The van der Waals surface area contributed by atoms with Crippen molar-refractivity contribution < 1.29 is 13.9 Å². The summed E-state index contributed by atoms with van der Waals surface area (Å²) in [6.07, 6.45) is 3.20. The number of ether oxygens (including phenoxy) is 1. The smallest absolute Gasteiger partial charge is 0.410 e. The summed E-state index contributed by atoms with van der Waals surface area (Å²) >= 11 is 0. The van der Waals surface area contributed by atoms with E-state index in [2.05, 4.69) is 54.1 Å². The first-order valence-corrected chi connectivity index (χ1v) is 16.2. The number of H-pyrrole nitrogens is 1. The van der Waals surface area contributed by atoms with Gasteiger partial charge in [-0.2, -0.15) is 10.1 Å². The maximum absolute atomic E-state index is 14.4. The summed E-state index contributed by atoms with van der Waals surface area (Å²) < 4.78 is 13.7. The Morgan fingerprint density at radius 3 is 2.62 bits per heavy atom. The van der Waals surface area contributed by atoms with Crippen molar-refractivity contribution >= 4 is 44.7 Å². The molecular formula is C37H40N6O4. The second-order valence-electron chi connectivity index (χ2n) is 13.8. The van der Waals surface area contributed by atoms with Gasteiger partial charge in [-0.3, -0.25) is 9.67 Å². The number of anilines is 1. The highest BCUT2D eigenvalue weighted by molar-refractivity contribution is 6.17. The number of nitrogens with one attached hydrogen (secondary N) is 1. The molecule has 10 heteroatoms. The van der Waals surface area contributed by atoms with Gasteiger partial charge in [-0.25, -0.2) is 9.59 Å². The number of amides is 1. The number of hydrogen-bond acceptors (Lipinski definition) is 7. The Kier molecular flexibility index (Phi) is 7.33. The van der Waals surface area contributed by atoms with Crippen LogP contribution in [0, 0.1) is 6.92 Å². The maximum atomic E-state index is 14.4. The van der Waals surface area contributed by atoms with Crippen LogP contribution in [0.25, 0.3) is 49.6 Å². The predicted octanol–water partition coefficient (Wildman–Crippen LogP) is 7.55. The highest BCUT2D eigenvalue weighted by atomic mass is 16.6. The number of rotatable bonds is 4. The van der Waals surface area contributed by atoms with Crippen molar-refractivity contribution in [1.29, 1.82) is 0 Å². The fourth-order valence-corrected chi connectivity index (χ4v) is 6.89. The third-order valence-corrected chi connectivity index (χ3v) is 9.03. The summed E-state index contributed by atoms with van der Waals surface area (Å²) in [5.74, 6) is 0.715. The number of hydrogen-bond donors (Lipinski definition) is 1. The lowest BCUT2D eigenvalue weighted by Gasteiger charge is -2.41. The van der Waals surface area contributed by atoms with Crippen molar-refractivity contribution in [2.24, 2.45) is 0 Å². The van der Waals surface area contributed by atoms with Gasteiger partial charge in [0, 0.05) is 36.4 Å². The molecule has 0 aliphatic carbocycles. The summed E-state index contributed by atoms with van der Waals surface area (Å²) in [6.45, 7) is 15.3. The summed E-state index contributed by atoms with van der Waals surface area (Å²) in [5, 5.41) is 10.1. The minimum absolute atomic E-state index is 0.142. The van der Waals surface area contributed by atoms with E-state index in [1.54, 1.807) is 15.7 Å². The van der Waals surface area contributed by atoms with Gasteiger partial charge in [0.05, 0.1) is 34.6 Å². The highest BCUT2D eigenvalue weighted by Gasteiger charge is 2.33. The number of carbonyl (C=O) groups excluding carboxylic acids is 1. The maximum Gasteiger partial charge on any atom is 0.410 e. The van der Waals surface area contributed by atoms with Crippen molar-refractivity contribution in [2.45, 2.75) is 66.0 Å². The molecule has 0 radical (unpaired) electrons. The molecule has 7 rings (SSSR count). The van der Waals surface area contributed by atoms with Crippen LogP contribution in [-0.4, -0.2) is 62.0 Å². The van der Waals surface area contributed by atoms with Gasteiger partial charge in [0.15, 0.2) is 0 Å². The lowest BCUT2D eigenvalue weighted by atomic mass is 9.93. The van der Waals surface area contributed by atoms with E-state index < -0.39 is 5.60 Å². The molecule has 0 bridgehead atoms. The highest BCUT2D eigenvalue weighted by Crippen LogP contribution is 2.43. The number of aromatic nitrogens is 4. The van der Waals surface area contributed by atoms with E-state index in [0.29, 0.717) is 36.6 Å². The molecule has 1 atom stereocenters. The predicted molar refractivity (Wildman–Crippen MR) is 186 cm³/mol. The third-order valence-electron chi connectivity index (χ3n) is 9.03. The Morgan fingerprint density at radius 1 is 1.09 bits per heavy atom. The van der Waals surface area contributed by atoms with Crippen LogP contribution in [0.15, 0.2) is 70.2 Å². The molecule has 1 N–H and O–H groups in total. The molecule has 1 aliphatic rings. The standard InChI is InChI=1S/C37H40N6O4/c1-21(2)24-10-8-9-11-29(24)43-30-18-26(31-22(3)12-13-28-27(31)19-38-40-28)25-14-17-46-33(25)32(30)34(39-35(43)44)42-16-15-41(20-23(42)4)36(45)47-37(5,6)7/h8-14,17-19,21,23H,15-16,20H2,1-7H3,(H,38,40)/t23-/m0/s1. The van der Waals surface area contributed by atoms with Gasteiger partial charge in [-0.1, -0.05) is 38.1 Å². The molecule has 242 valence electrons. The number of aryl methyl sites for hydroxylation is 1. The van der Waals surface area contributed by atoms with Crippen molar-refractivity contribution in [2.75, 3.05) is 24.5 Å². The van der Waals surface area contributed by atoms with Crippen LogP contribution in [0.4, 0.5) is 10.6 Å². The van der Waals surface area contributed by atoms with Gasteiger partial charge in [0.2, 0.25) is 0 Å². The zero-order valence-corrected chi connectivity index (χ0v) is 27.9. The Bertz CT molecular complexity index is 2220. The monoisotopic (exact) mass is 632 g/mol. The Hall–Kier alpha value is -5.12. The van der Waals surface area contributed by atoms with E-state index in [1.165, 1.54) is 0 Å². The molecule has 1 amide bonds. The molecule has 3 aromatic heterocycles. The first-order valence-electron chi connectivity index (χ1n) is 16.2. The minimum atomic E-state index is -0.590. The van der Waals surface area contributed by atoms with Crippen LogP contribution in [-0.2, 0) is 4.74 Å². The van der Waals surface area contributed by atoms with Crippen LogP contribution in [0.2, 0.25) is 0 Å². The molecule has 1 saturated heterocycles. The molecular weight excluding hydrogens is 592 g/mol. The molecule has 47 heavy (non-hydrogen) atoms. The largest absolute Gasteiger partial charge is 0.463 e. The van der Waals surface area contributed by atoms with E-state index in [9.17, 15) is 9.59 Å². The topological polar surface area (TPSA) is 109 Å². The van der Waals surface area contributed by atoms with Crippen LogP contribution in [0.3, 0.4) is 0 Å². The fraction of sp³-hybridized carbons (Fsp3) is 0.351. The Labute approximate surface area is 272 Å². The van der Waals surface area contributed by atoms with Gasteiger partial charge in [-0.05, 0) is 87.1 Å². The van der Waals surface area contributed by atoms with Crippen LogP contribution >= 0.6 is 0 Å². The summed E-state index contributed by atoms with van der Waals surface area (Å²) in [7, 11) is 0. The molecule has 3 aromatic carbocycles. The minimum Gasteiger partial charge on any atom is -0.463 e. The number of benzene rings is 3. The lowest BCUT2D eigenvalue weighted by Crippen LogP contribution is -2.55. The average Bonchev–Trinajstić information content (AvgIpc) is 3.70. The van der Waals surface area contributed by atoms with E-state index in [-0.39, 0.29) is 23.7 Å². The average molecular weight is 633 g/mol. The quantitative estimate of drug-likeness (QED) is 0.214. The molecule has 10 nitrogen and oxygen atoms in total. The van der Waals surface area contributed by atoms with Crippen LogP contribution in [0.5, 0.6) is 0 Å². The molecule has 4 heterocycles. The normalized spacial score (nSPS) is 15.8. The first kappa shape index (κ1) is 30.5. The summed E-state index contributed by atoms with van der Waals surface area (Å²) in [6, 6.07) is 16.0. The fourth-order valence-electron chi connectivity index (χ4n) is 6.89. The van der Waals surface area contributed by atoms with E-state index in [0.717, 1.165) is 49.6 Å². The Morgan fingerprint density at radius 2 is 1.87 bits per heavy atom. The lowest BCUT2D eigenvalue weighted by molar-refractivity contribution is 0.0218. The molecule has 6 aromatic rings. The first-order chi connectivity index (χ1) is 22.4. The van der Waals surface area contributed by atoms with Gasteiger partial charge < -0.3 is 19.0 Å². The molecule has 1 fully saturated rings. The number of aromatic amines is 1. The second-order valence-corrected chi connectivity index (χ2v) is 13.8. The summed E-state index contributed by atoms with van der Waals surface area (Å²) in [5.41, 5.74) is 6.19. The van der Waals surface area contributed by atoms with Crippen molar-refractivity contribution in [3.63, 3.8) is 0 Å². The van der Waals surface area contributed by atoms with Gasteiger partial charge in [-0.15, -0.1) is 0 Å². The summed E-state index contributed by atoms with van der Waals surface area (Å²) in [4.78, 5) is 36.0. The number of furan rings is 1. The van der Waals surface area contributed by atoms with Gasteiger partial charge in [0.25, 0.3) is 0 Å². The van der Waals surface area contributed by atoms with Gasteiger partial charge in [0.1, 0.15) is 17.0 Å². The van der Waals surface area contributed by atoms with E-state index in [4.69, 9.17) is 14.1 Å². The number of para-hydroxylation sites is 1. The molecule has 0 saturated carbocycles.